The number of carbonyl (C=O) groups excluding carboxylic acids is 1. The van der Waals surface area contributed by atoms with Crippen molar-refractivity contribution in [3.8, 4) is 6.07 Å². The van der Waals surface area contributed by atoms with E-state index in [1.54, 1.807) is 52.0 Å². The van der Waals surface area contributed by atoms with E-state index in [2.05, 4.69) is 0 Å². The summed E-state index contributed by atoms with van der Waals surface area (Å²) in [6.07, 6.45) is -0.569. The highest BCUT2D eigenvalue weighted by Gasteiger charge is 2.32. The Kier molecular flexibility index (Phi) is 5.13. The van der Waals surface area contributed by atoms with E-state index < -0.39 is 32.4 Å². The summed E-state index contributed by atoms with van der Waals surface area (Å²) in [6, 6.07) is 8.58. The molecule has 1 aromatic carbocycles. The smallest absolute Gasteiger partial charge is 0.321 e. The van der Waals surface area contributed by atoms with Gasteiger partial charge in [0.15, 0.2) is 9.84 Å². The Hall–Kier alpha value is -1.87. The normalized spacial score (nSPS) is 13.3. The van der Waals surface area contributed by atoms with Gasteiger partial charge in [-0.1, -0.05) is 12.1 Å². The zero-order chi connectivity index (χ0) is 16.3. The predicted molar refractivity (Wildman–Crippen MR) is 79.2 cm³/mol. The quantitative estimate of drug-likeness (QED) is 0.797. The fourth-order valence-electron chi connectivity index (χ4n) is 1.50. The molecule has 1 aromatic rings. The van der Waals surface area contributed by atoms with Crippen molar-refractivity contribution in [2.45, 2.75) is 38.5 Å². The van der Waals surface area contributed by atoms with Crippen molar-refractivity contribution in [2.24, 2.45) is 0 Å². The molecular weight excluding hydrogens is 290 g/mol. The van der Waals surface area contributed by atoms with Gasteiger partial charge in [-0.15, -0.1) is 0 Å². The number of nitrogens with zero attached hydrogens (tertiary/aromatic N) is 1. The molecule has 1 unspecified atom stereocenters. The van der Waals surface area contributed by atoms with Crippen LogP contribution in [0, 0.1) is 11.3 Å². The fourth-order valence-corrected chi connectivity index (χ4v) is 2.31. The van der Waals surface area contributed by atoms with Crippen LogP contribution in [0.25, 0.3) is 0 Å². The summed E-state index contributed by atoms with van der Waals surface area (Å²) in [5, 5.41) is 8.71. The molecule has 0 aliphatic heterocycles. The molecule has 1 rings (SSSR count). The first kappa shape index (κ1) is 17.2. The molecule has 21 heavy (non-hydrogen) atoms. The third kappa shape index (κ3) is 4.57. The minimum atomic E-state index is -3.55. The molecule has 0 radical (unpaired) electrons. The largest absolute Gasteiger partial charge is 0.457 e. The lowest BCUT2D eigenvalue weighted by atomic mass is 10.1. The zero-order valence-corrected chi connectivity index (χ0v) is 13.4. The Morgan fingerprint density at radius 1 is 1.29 bits per heavy atom. The summed E-state index contributed by atoms with van der Waals surface area (Å²) >= 11 is 0. The summed E-state index contributed by atoms with van der Waals surface area (Å²) in [6.45, 7) is 6.28. The maximum atomic E-state index is 11.9. The lowest BCUT2D eigenvalue weighted by Crippen LogP contribution is -2.34. The monoisotopic (exact) mass is 309 g/mol. The lowest BCUT2D eigenvalue weighted by molar-refractivity contribution is -0.145. The molecule has 0 saturated heterocycles. The second-order valence-corrected chi connectivity index (χ2v) is 8.48. The minimum Gasteiger partial charge on any atom is -0.457 e. The first-order valence-corrected chi connectivity index (χ1v) is 8.14. The average Bonchev–Trinajstić information content (AvgIpc) is 2.36. The van der Waals surface area contributed by atoms with Gasteiger partial charge in [0, 0.05) is 0 Å². The molecule has 0 N–H and O–H groups in total. The van der Waals surface area contributed by atoms with Crippen LogP contribution in [0.1, 0.15) is 44.9 Å². The molecule has 0 aromatic heterocycles. The molecule has 6 heteroatoms. The van der Waals surface area contributed by atoms with Gasteiger partial charge in [-0.3, -0.25) is 4.79 Å². The van der Waals surface area contributed by atoms with Crippen molar-refractivity contribution >= 4 is 15.8 Å². The van der Waals surface area contributed by atoms with E-state index in [-0.39, 0.29) is 0 Å². The number of rotatable bonds is 4. The van der Waals surface area contributed by atoms with Gasteiger partial charge in [-0.05, 0) is 45.4 Å². The van der Waals surface area contributed by atoms with E-state index in [1.807, 2.05) is 6.07 Å². The van der Waals surface area contributed by atoms with Gasteiger partial charge in [0.2, 0.25) is 0 Å². The molecule has 0 amide bonds. The van der Waals surface area contributed by atoms with Crippen LogP contribution in [0.2, 0.25) is 0 Å². The minimum absolute atomic E-state index is 0.507. The van der Waals surface area contributed by atoms with Crippen LogP contribution in [0.5, 0.6) is 0 Å². The van der Waals surface area contributed by atoms with E-state index in [4.69, 9.17) is 10.00 Å². The molecule has 0 aliphatic rings. The third-order valence-corrected chi connectivity index (χ3v) is 5.54. The van der Waals surface area contributed by atoms with Crippen LogP contribution in [0.3, 0.4) is 0 Å². The van der Waals surface area contributed by atoms with E-state index >= 15 is 0 Å². The van der Waals surface area contributed by atoms with E-state index in [0.29, 0.717) is 11.1 Å². The first-order chi connectivity index (χ1) is 9.56. The van der Waals surface area contributed by atoms with Gasteiger partial charge in [0.25, 0.3) is 0 Å². The van der Waals surface area contributed by atoms with Gasteiger partial charge >= 0.3 is 5.97 Å². The van der Waals surface area contributed by atoms with Crippen molar-refractivity contribution < 1.29 is 17.9 Å². The molecule has 0 spiro atoms. The molecule has 0 bridgehead atoms. The van der Waals surface area contributed by atoms with E-state index in [1.165, 1.54) is 0 Å². The van der Waals surface area contributed by atoms with Crippen molar-refractivity contribution in [3.63, 3.8) is 0 Å². The Bertz CT molecular complexity index is 648. The maximum absolute atomic E-state index is 11.9. The van der Waals surface area contributed by atoms with Crippen molar-refractivity contribution in [3.05, 3.63) is 35.4 Å². The standard InChI is InChI=1S/C15H19NO4S/c1-11(13-7-5-12(9-16)6-8-13)20-14(17)10-21(18,19)15(2,3)4/h5-8,11H,10H2,1-4H3. The van der Waals surface area contributed by atoms with Crippen LogP contribution >= 0.6 is 0 Å². The Morgan fingerprint density at radius 3 is 2.24 bits per heavy atom. The summed E-state index contributed by atoms with van der Waals surface area (Å²) in [4.78, 5) is 11.8. The maximum Gasteiger partial charge on any atom is 0.321 e. The molecule has 114 valence electrons. The molecule has 0 aliphatic carbocycles. The Labute approximate surface area is 125 Å². The highest BCUT2D eigenvalue weighted by molar-refractivity contribution is 7.93. The number of nitriles is 1. The summed E-state index contributed by atoms with van der Waals surface area (Å²) in [5.74, 6) is -1.42. The van der Waals surface area contributed by atoms with Crippen LogP contribution in [0.4, 0.5) is 0 Å². The van der Waals surface area contributed by atoms with Gasteiger partial charge < -0.3 is 4.74 Å². The van der Waals surface area contributed by atoms with Gasteiger partial charge in [0.1, 0.15) is 11.9 Å². The summed E-state index contributed by atoms with van der Waals surface area (Å²) < 4.78 is 28.0. The Morgan fingerprint density at radius 2 is 1.81 bits per heavy atom. The topological polar surface area (TPSA) is 84.2 Å². The highest BCUT2D eigenvalue weighted by atomic mass is 32.2. The number of hydrogen-bond acceptors (Lipinski definition) is 5. The third-order valence-electron chi connectivity index (χ3n) is 3.06. The van der Waals surface area contributed by atoms with Gasteiger partial charge in [0.05, 0.1) is 16.4 Å². The van der Waals surface area contributed by atoms with Crippen LogP contribution in [-0.4, -0.2) is 24.9 Å². The SMILES string of the molecule is CC(OC(=O)CS(=O)(=O)C(C)(C)C)c1ccc(C#N)cc1. The average molecular weight is 309 g/mol. The van der Waals surface area contributed by atoms with Gasteiger partial charge in [-0.2, -0.15) is 5.26 Å². The summed E-state index contributed by atoms with van der Waals surface area (Å²) in [7, 11) is -3.55. The predicted octanol–water partition coefficient (Wildman–Crippen LogP) is 2.38. The number of ether oxygens (including phenoxy) is 1. The fraction of sp³-hybridized carbons (Fsp3) is 0.467. The zero-order valence-electron chi connectivity index (χ0n) is 12.6. The number of sulfone groups is 1. The van der Waals surface area contributed by atoms with Crippen molar-refractivity contribution in [1.82, 2.24) is 0 Å². The van der Waals surface area contributed by atoms with Crippen LogP contribution < -0.4 is 0 Å². The number of benzene rings is 1. The first-order valence-electron chi connectivity index (χ1n) is 6.48. The summed E-state index contributed by atoms with van der Waals surface area (Å²) in [5.41, 5.74) is 1.21. The number of esters is 1. The second-order valence-electron chi connectivity index (χ2n) is 5.74. The van der Waals surface area contributed by atoms with Crippen LogP contribution in [0.15, 0.2) is 24.3 Å². The molecule has 5 nitrogen and oxygen atoms in total. The van der Waals surface area contributed by atoms with E-state index in [9.17, 15) is 13.2 Å². The molecular formula is C15H19NO4S. The van der Waals surface area contributed by atoms with Crippen molar-refractivity contribution in [2.75, 3.05) is 5.75 Å². The number of hydrogen-bond donors (Lipinski definition) is 0. The highest BCUT2D eigenvalue weighted by Crippen LogP contribution is 2.20. The van der Waals surface area contributed by atoms with E-state index in [0.717, 1.165) is 0 Å². The van der Waals surface area contributed by atoms with Crippen LogP contribution in [-0.2, 0) is 19.4 Å². The molecule has 0 heterocycles. The molecule has 0 fully saturated rings. The Balaban J connectivity index is 2.73. The van der Waals surface area contributed by atoms with Gasteiger partial charge in [-0.25, -0.2) is 8.42 Å². The second kappa shape index (κ2) is 6.27. The van der Waals surface area contributed by atoms with Crippen molar-refractivity contribution in [1.29, 1.82) is 5.26 Å². The number of carbonyl (C=O) groups is 1. The lowest BCUT2D eigenvalue weighted by Gasteiger charge is -2.19. The molecule has 0 saturated carbocycles. The molecule has 1 atom stereocenters.